The largest absolute Gasteiger partial charge is 0.389 e. The summed E-state index contributed by atoms with van der Waals surface area (Å²) < 4.78 is 0. The van der Waals surface area contributed by atoms with Gasteiger partial charge in [-0.2, -0.15) is 0 Å². The molecule has 1 aromatic rings. The van der Waals surface area contributed by atoms with E-state index in [9.17, 15) is 15.0 Å². The van der Waals surface area contributed by atoms with Crippen molar-refractivity contribution in [1.29, 1.82) is 0 Å². The molecule has 0 saturated carbocycles. The maximum atomic E-state index is 11.9. The fourth-order valence-electron chi connectivity index (χ4n) is 2.37. The molecular formula is C14H19ClN2O3. The molecule has 5 nitrogen and oxygen atoms in total. The van der Waals surface area contributed by atoms with Gasteiger partial charge in [0.25, 0.3) is 0 Å². The summed E-state index contributed by atoms with van der Waals surface area (Å²) in [6.45, 7) is 2.65. The molecule has 1 heterocycles. The second kappa shape index (κ2) is 6.54. The first-order valence-electron chi connectivity index (χ1n) is 6.59. The van der Waals surface area contributed by atoms with Crippen molar-refractivity contribution in [2.75, 3.05) is 19.6 Å². The Morgan fingerprint density at radius 2 is 2.00 bits per heavy atom. The van der Waals surface area contributed by atoms with Crippen LogP contribution in [0.15, 0.2) is 24.3 Å². The van der Waals surface area contributed by atoms with Crippen LogP contribution in [0.3, 0.4) is 0 Å². The zero-order valence-electron chi connectivity index (χ0n) is 11.3. The zero-order valence-corrected chi connectivity index (χ0v) is 12.0. The van der Waals surface area contributed by atoms with Gasteiger partial charge in [-0.25, -0.2) is 0 Å². The topological polar surface area (TPSA) is 72.8 Å². The van der Waals surface area contributed by atoms with E-state index >= 15 is 0 Å². The van der Waals surface area contributed by atoms with Crippen LogP contribution in [0, 0.1) is 0 Å². The van der Waals surface area contributed by atoms with Crippen molar-refractivity contribution in [2.45, 2.75) is 25.2 Å². The van der Waals surface area contributed by atoms with Gasteiger partial charge in [0, 0.05) is 18.1 Å². The Balaban J connectivity index is 1.87. The highest BCUT2D eigenvalue weighted by atomic mass is 35.5. The molecule has 0 aromatic heterocycles. The lowest BCUT2D eigenvalue weighted by Gasteiger charge is -2.19. The first-order valence-corrected chi connectivity index (χ1v) is 6.97. The van der Waals surface area contributed by atoms with Crippen molar-refractivity contribution in [3.8, 4) is 0 Å². The van der Waals surface area contributed by atoms with E-state index in [2.05, 4.69) is 5.32 Å². The molecule has 20 heavy (non-hydrogen) atoms. The van der Waals surface area contributed by atoms with Gasteiger partial charge in [0.1, 0.15) is 0 Å². The average molecular weight is 299 g/mol. The van der Waals surface area contributed by atoms with Crippen LogP contribution >= 0.6 is 11.6 Å². The van der Waals surface area contributed by atoms with E-state index in [1.165, 1.54) is 0 Å². The molecule has 1 saturated heterocycles. The number of nitrogens with one attached hydrogen (secondary N) is 1. The number of likely N-dealkylation sites (tertiary alicyclic amines) is 1. The third kappa shape index (κ3) is 3.70. The smallest absolute Gasteiger partial charge is 0.234 e. The Labute approximate surface area is 123 Å². The summed E-state index contributed by atoms with van der Waals surface area (Å²) in [7, 11) is 0. The fraction of sp³-hybridized carbons (Fsp3) is 0.500. The Kier molecular flexibility index (Phi) is 4.99. The van der Waals surface area contributed by atoms with Gasteiger partial charge in [0.2, 0.25) is 5.91 Å². The second-order valence-electron chi connectivity index (χ2n) is 5.14. The number of aliphatic hydroxyl groups is 2. The number of aliphatic hydroxyl groups excluding tert-OH is 2. The van der Waals surface area contributed by atoms with Crippen molar-refractivity contribution in [3.05, 3.63) is 34.9 Å². The lowest BCUT2D eigenvalue weighted by atomic mass is 10.1. The highest BCUT2D eigenvalue weighted by Crippen LogP contribution is 2.22. The monoisotopic (exact) mass is 298 g/mol. The van der Waals surface area contributed by atoms with Crippen molar-refractivity contribution in [1.82, 2.24) is 10.2 Å². The first-order chi connectivity index (χ1) is 9.47. The molecule has 3 N–H and O–H groups in total. The highest BCUT2D eigenvalue weighted by molar-refractivity contribution is 6.31. The van der Waals surface area contributed by atoms with Crippen molar-refractivity contribution < 1.29 is 15.0 Å². The van der Waals surface area contributed by atoms with E-state index < -0.39 is 12.2 Å². The molecule has 1 aliphatic rings. The van der Waals surface area contributed by atoms with Crippen LogP contribution in [0.1, 0.15) is 18.5 Å². The average Bonchev–Trinajstić information content (AvgIpc) is 2.68. The van der Waals surface area contributed by atoms with Gasteiger partial charge in [0.15, 0.2) is 0 Å². The molecule has 1 amide bonds. The van der Waals surface area contributed by atoms with Crippen molar-refractivity contribution in [3.63, 3.8) is 0 Å². The van der Waals surface area contributed by atoms with Crippen LogP contribution in [0.4, 0.5) is 0 Å². The predicted molar refractivity (Wildman–Crippen MR) is 76.5 cm³/mol. The van der Waals surface area contributed by atoms with E-state index in [4.69, 9.17) is 11.6 Å². The van der Waals surface area contributed by atoms with Crippen LogP contribution in [0.25, 0.3) is 0 Å². The van der Waals surface area contributed by atoms with Crippen LogP contribution < -0.4 is 5.32 Å². The summed E-state index contributed by atoms with van der Waals surface area (Å²) in [5, 5.41) is 22.4. The van der Waals surface area contributed by atoms with Crippen LogP contribution in [-0.2, 0) is 4.79 Å². The maximum absolute atomic E-state index is 11.9. The van der Waals surface area contributed by atoms with Gasteiger partial charge < -0.3 is 15.5 Å². The summed E-state index contributed by atoms with van der Waals surface area (Å²) in [4.78, 5) is 13.7. The quantitative estimate of drug-likeness (QED) is 0.759. The van der Waals surface area contributed by atoms with Crippen LogP contribution in [0.2, 0.25) is 5.02 Å². The minimum absolute atomic E-state index is 0.154. The Morgan fingerprint density at radius 1 is 1.40 bits per heavy atom. The van der Waals surface area contributed by atoms with E-state index in [0.29, 0.717) is 18.1 Å². The molecule has 0 spiro atoms. The molecular weight excluding hydrogens is 280 g/mol. The summed E-state index contributed by atoms with van der Waals surface area (Å²) in [6, 6.07) is 7.18. The number of halogens is 1. The number of hydrogen-bond donors (Lipinski definition) is 3. The molecule has 1 fully saturated rings. The number of rotatable bonds is 4. The number of β-amino-alcohol motifs (C(OH)–C–C–N with tert-alkyl or cyclic N) is 2. The van der Waals surface area contributed by atoms with Crippen molar-refractivity contribution >= 4 is 17.5 Å². The molecule has 1 aromatic carbocycles. The minimum atomic E-state index is -0.774. The lowest BCUT2D eigenvalue weighted by molar-refractivity contribution is -0.122. The number of carbonyl (C=O) groups excluding carboxylic acids is 1. The third-order valence-corrected chi connectivity index (χ3v) is 3.80. The SMILES string of the molecule is CC(NC(=O)CN1C[C@@H](O)[C@@H](O)C1)c1ccccc1Cl. The van der Waals surface area contributed by atoms with Crippen molar-refractivity contribution in [2.24, 2.45) is 0 Å². The summed E-state index contributed by atoms with van der Waals surface area (Å²) in [6.07, 6.45) is -1.55. The van der Waals surface area contributed by atoms with E-state index in [1.807, 2.05) is 25.1 Å². The van der Waals surface area contributed by atoms with Crippen LogP contribution in [-0.4, -0.2) is 52.9 Å². The number of hydrogen-bond acceptors (Lipinski definition) is 4. The normalized spacial score (nSPS) is 24.6. The third-order valence-electron chi connectivity index (χ3n) is 3.45. The molecule has 0 radical (unpaired) electrons. The first kappa shape index (κ1) is 15.3. The molecule has 0 aliphatic carbocycles. The fourth-order valence-corrected chi connectivity index (χ4v) is 2.67. The summed E-state index contributed by atoms with van der Waals surface area (Å²) in [5.74, 6) is -0.154. The molecule has 0 bridgehead atoms. The number of nitrogens with zero attached hydrogens (tertiary/aromatic N) is 1. The zero-order chi connectivity index (χ0) is 14.7. The van der Waals surface area contributed by atoms with E-state index in [1.54, 1.807) is 11.0 Å². The Bertz CT molecular complexity index is 473. The molecule has 6 heteroatoms. The number of carbonyl (C=O) groups is 1. The molecule has 3 atom stereocenters. The highest BCUT2D eigenvalue weighted by Gasteiger charge is 2.30. The van der Waals surface area contributed by atoms with Crippen LogP contribution in [0.5, 0.6) is 0 Å². The molecule has 1 aliphatic heterocycles. The minimum Gasteiger partial charge on any atom is -0.389 e. The van der Waals surface area contributed by atoms with E-state index in [0.717, 1.165) is 5.56 Å². The Morgan fingerprint density at radius 3 is 2.60 bits per heavy atom. The van der Waals surface area contributed by atoms with Gasteiger partial charge in [-0.05, 0) is 18.6 Å². The number of amides is 1. The van der Waals surface area contributed by atoms with Gasteiger partial charge in [-0.3, -0.25) is 9.69 Å². The molecule has 2 rings (SSSR count). The second-order valence-corrected chi connectivity index (χ2v) is 5.55. The lowest BCUT2D eigenvalue weighted by Crippen LogP contribution is -2.37. The summed E-state index contributed by atoms with van der Waals surface area (Å²) in [5.41, 5.74) is 0.865. The van der Waals surface area contributed by atoms with Gasteiger partial charge in [-0.15, -0.1) is 0 Å². The van der Waals surface area contributed by atoms with Gasteiger partial charge >= 0.3 is 0 Å². The maximum Gasteiger partial charge on any atom is 0.234 e. The molecule has 110 valence electrons. The summed E-state index contributed by atoms with van der Waals surface area (Å²) >= 11 is 6.08. The van der Waals surface area contributed by atoms with Gasteiger partial charge in [0.05, 0.1) is 24.8 Å². The standard InChI is InChI=1S/C14H19ClN2O3/c1-9(10-4-2-3-5-11(10)15)16-14(20)8-17-6-12(18)13(19)7-17/h2-5,9,12-13,18-19H,6-8H2,1H3,(H,16,20)/t9?,12-,13+. The number of benzene rings is 1. The Hall–Kier alpha value is -1.14. The van der Waals surface area contributed by atoms with Gasteiger partial charge in [-0.1, -0.05) is 29.8 Å². The predicted octanol–water partition coefficient (Wildman–Crippen LogP) is 0.555. The van der Waals surface area contributed by atoms with E-state index in [-0.39, 0.29) is 18.5 Å². The molecule has 1 unspecified atom stereocenters.